The van der Waals surface area contributed by atoms with Crippen LogP contribution in [0.25, 0.3) is 10.8 Å². The van der Waals surface area contributed by atoms with E-state index in [0.717, 1.165) is 16.3 Å². The maximum atomic E-state index is 13.4. The number of methoxy groups -OCH3 is 1. The van der Waals surface area contributed by atoms with Crippen molar-refractivity contribution in [1.29, 1.82) is 0 Å². The van der Waals surface area contributed by atoms with Crippen molar-refractivity contribution in [2.75, 3.05) is 33.4 Å². The number of amides is 2. The maximum Gasteiger partial charge on any atom is 0.328 e. The molecule has 0 aliphatic carbocycles. The van der Waals surface area contributed by atoms with E-state index in [-0.39, 0.29) is 24.2 Å². The van der Waals surface area contributed by atoms with Crippen LogP contribution >= 0.6 is 0 Å². The molecule has 1 aliphatic heterocycles. The number of nitrogens with one attached hydrogen (secondary N) is 1. The summed E-state index contributed by atoms with van der Waals surface area (Å²) in [6, 6.07) is 13.3. The third-order valence-electron chi connectivity index (χ3n) is 6.01. The molecule has 7 nitrogen and oxygen atoms in total. The third kappa shape index (κ3) is 6.78. The van der Waals surface area contributed by atoms with Gasteiger partial charge in [0, 0.05) is 19.5 Å². The normalized spacial score (nSPS) is 15.8. The first-order chi connectivity index (χ1) is 15.9. The molecule has 7 heteroatoms. The Bertz CT molecular complexity index is 963. The summed E-state index contributed by atoms with van der Waals surface area (Å²) in [5.74, 6) is -1.26. The zero-order valence-corrected chi connectivity index (χ0v) is 19.7. The molecule has 2 aromatic rings. The van der Waals surface area contributed by atoms with Crippen LogP contribution in [0.4, 0.5) is 0 Å². The van der Waals surface area contributed by atoms with Crippen LogP contribution in [0.2, 0.25) is 0 Å². The lowest BCUT2D eigenvalue weighted by Crippen LogP contribution is -2.47. The number of morpholine rings is 1. The fourth-order valence-electron chi connectivity index (χ4n) is 4.26. The zero-order valence-electron chi connectivity index (χ0n) is 19.7. The third-order valence-corrected chi connectivity index (χ3v) is 6.01. The highest BCUT2D eigenvalue weighted by molar-refractivity contribution is 5.91. The molecule has 3 rings (SSSR count). The monoisotopic (exact) mass is 454 g/mol. The fourth-order valence-corrected chi connectivity index (χ4v) is 4.26. The Labute approximate surface area is 195 Å². The number of hydrogen-bond donors (Lipinski definition) is 1. The van der Waals surface area contributed by atoms with Crippen LogP contribution in [-0.4, -0.2) is 62.1 Å². The molecule has 0 aromatic heterocycles. The van der Waals surface area contributed by atoms with Crippen molar-refractivity contribution in [3.05, 3.63) is 48.0 Å². The van der Waals surface area contributed by atoms with Gasteiger partial charge in [0.05, 0.1) is 26.2 Å². The number of nitrogens with zero attached hydrogens (tertiary/aromatic N) is 1. The minimum absolute atomic E-state index is 0.0721. The number of hydrogen-bond acceptors (Lipinski definition) is 5. The predicted octanol–water partition coefficient (Wildman–Crippen LogP) is 2.95. The molecule has 0 radical (unpaired) electrons. The smallest absolute Gasteiger partial charge is 0.328 e. The van der Waals surface area contributed by atoms with Crippen LogP contribution in [0.1, 0.15) is 32.3 Å². The van der Waals surface area contributed by atoms with E-state index in [1.54, 1.807) is 4.90 Å². The van der Waals surface area contributed by atoms with E-state index in [1.165, 1.54) is 7.11 Å². The van der Waals surface area contributed by atoms with Crippen LogP contribution in [0.3, 0.4) is 0 Å². The van der Waals surface area contributed by atoms with Gasteiger partial charge in [-0.15, -0.1) is 0 Å². The van der Waals surface area contributed by atoms with Gasteiger partial charge in [0.2, 0.25) is 11.8 Å². The minimum atomic E-state index is -0.740. The lowest BCUT2D eigenvalue weighted by Gasteiger charge is -2.29. The Morgan fingerprint density at radius 1 is 1.06 bits per heavy atom. The maximum absolute atomic E-state index is 13.4. The molecule has 1 saturated heterocycles. The van der Waals surface area contributed by atoms with E-state index in [9.17, 15) is 14.4 Å². The quantitative estimate of drug-likeness (QED) is 0.589. The molecule has 2 atom stereocenters. The lowest BCUT2D eigenvalue weighted by atomic mass is 9.91. The molecule has 1 aliphatic rings. The second kappa shape index (κ2) is 11.8. The Morgan fingerprint density at radius 2 is 1.76 bits per heavy atom. The van der Waals surface area contributed by atoms with E-state index in [0.29, 0.717) is 39.1 Å². The van der Waals surface area contributed by atoms with Crippen LogP contribution in [0.15, 0.2) is 42.5 Å². The van der Waals surface area contributed by atoms with Crippen molar-refractivity contribution in [3.8, 4) is 0 Å². The molecule has 1 heterocycles. The van der Waals surface area contributed by atoms with Crippen LogP contribution in [0.5, 0.6) is 0 Å². The van der Waals surface area contributed by atoms with Gasteiger partial charge < -0.3 is 19.7 Å². The lowest BCUT2D eigenvalue weighted by molar-refractivity contribution is -0.146. The van der Waals surface area contributed by atoms with E-state index in [4.69, 9.17) is 9.47 Å². The van der Waals surface area contributed by atoms with Crippen LogP contribution in [-0.2, 0) is 30.3 Å². The first-order valence-corrected chi connectivity index (χ1v) is 11.6. The van der Waals surface area contributed by atoms with Gasteiger partial charge in [0.1, 0.15) is 6.04 Å². The molecule has 178 valence electrons. The largest absolute Gasteiger partial charge is 0.467 e. The number of benzene rings is 2. The highest BCUT2D eigenvalue weighted by Crippen LogP contribution is 2.24. The highest BCUT2D eigenvalue weighted by atomic mass is 16.5. The first-order valence-electron chi connectivity index (χ1n) is 11.6. The molecule has 2 aromatic carbocycles. The van der Waals surface area contributed by atoms with Crippen LogP contribution in [0, 0.1) is 11.8 Å². The summed E-state index contributed by atoms with van der Waals surface area (Å²) in [5.41, 5.74) is 1.00. The molecule has 0 bridgehead atoms. The molecule has 0 saturated carbocycles. The summed E-state index contributed by atoms with van der Waals surface area (Å²) in [6.45, 7) is 6.03. The molecular formula is C26H34N2O5. The van der Waals surface area contributed by atoms with Gasteiger partial charge in [0.25, 0.3) is 0 Å². The number of carbonyl (C=O) groups is 3. The minimum Gasteiger partial charge on any atom is -0.467 e. The average Bonchev–Trinajstić information content (AvgIpc) is 2.83. The Kier molecular flexibility index (Phi) is 8.83. The molecule has 1 fully saturated rings. The summed E-state index contributed by atoms with van der Waals surface area (Å²) in [7, 11) is 1.32. The summed E-state index contributed by atoms with van der Waals surface area (Å²) < 4.78 is 10.3. The summed E-state index contributed by atoms with van der Waals surface area (Å²) in [4.78, 5) is 40.5. The average molecular weight is 455 g/mol. The topological polar surface area (TPSA) is 84.9 Å². The van der Waals surface area contributed by atoms with Gasteiger partial charge in [-0.3, -0.25) is 9.59 Å². The second-order valence-corrected chi connectivity index (χ2v) is 8.95. The van der Waals surface area contributed by atoms with Crippen molar-refractivity contribution in [2.45, 2.75) is 39.2 Å². The number of ether oxygens (including phenoxy) is 2. The summed E-state index contributed by atoms with van der Waals surface area (Å²) >= 11 is 0. The molecule has 2 amide bonds. The van der Waals surface area contributed by atoms with Crippen LogP contribution < -0.4 is 5.32 Å². The summed E-state index contributed by atoms with van der Waals surface area (Å²) in [6.07, 6.45) is 0.945. The van der Waals surface area contributed by atoms with Crippen molar-refractivity contribution < 1.29 is 23.9 Å². The fraction of sp³-hybridized carbons (Fsp3) is 0.500. The first kappa shape index (κ1) is 24.7. The molecule has 1 unspecified atom stereocenters. The van der Waals surface area contributed by atoms with Crippen molar-refractivity contribution in [2.24, 2.45) is 11.8 Å². The van der Waals surface area contributed by atoms with Crippen molar-refractivity contribution >= 4 is 28.6 Å². The molecule has 0 spiro atoms. The number of fused-ring (bicyclic) bond motifs is 1. The van der Waals surface area contributed by atoms with Gasteiger partial charge in [-0.1, -0.05) is 56.3 Å². The van der Waals surface area contributed by atoms with Crippen molar-refractivity contribution in [1.82, 2.24) is 10.2 Å². The summed E-state index contributed by atoms with van der Waals surface area (Å²) in [5, 5.41) is 5.01. The van der Waals surface area contributed by atoms with E-state index in [1.807, 2.05) is 56.3 Å². The zero-order chi connectivity index (χ0) is 23.8. The Balaban J connectivity index is 1.84. The Hall–Kier alpha value is -2.93. The Morgan fingerprint density at radius 3 is 2.45 bits per heavy atom. The number of carbonyl (C=O) groups excluding carboxylic acids is 3. The predicted molar refractivity (Wildman–Crippen MR) is 127 cm³/mol. The van der Waals surface area contributed by atoms with E-state index < -0.39 is 17.9 Å². The van der Waals surface area contributed by atoms with E-state index in [2.05, 4.69) is 5.32 Å². The molecule has 1 N–H and O–H groups in total. The number of rotatable bonds is 9. The van der Waals surface area contributed by atoms with Gasteiger partial charge in [0.15, 0.2) is 0 Å². The van der Waals surface area contributed by atoms with Gasteiger partial charge in [-0.2, -0.15) is 0 Å². The van der Waals surface area contributed by atoms with Crippen molar-refractivity contribution in [3.63, 3.8) is 0 Å². The van der Waals surface area contributed by atoms with E-state index >= 15 is 0 Å². The molecule has 33 heavy (non-hydrogen) atoms. The van der Waals surface area contributed by atoms with Gasteiger partial charge >= 0.3 is 5.97 Å². The standard InChI is InChI=1S/C26H34N2O5/c1-18(2)15-23(26(31)32-3)27-25(30)21(17-24(29)28-11-13-33-14-12-28)16-20-9-6-8-19-7-4-5-10-22(19)20/h4-10,18,21,23H,11-17H2,1-3H3,(H,27,30)/t21?,23-/m0/s1. The van der Waals surface area contributed by atoms with Gasteiger partial charge in [-0.05, 0) is 35.1 Å². The number of esters is 1. The SMILES string of the molecule is COC(=O)[C@H](CC(C)C)NC(=O)C(CC(=O)N1CCOCC1)Cc1cccc2ccccc12. The molecular weight excluding hydrogens is 420 g/mol. The van der Waals surface area contributed by atoms with Gasteiger partial charge in [-0.25, -0.2) is 4.79 Å². The highest BCUT2D eigenvalue weighted by Gasteiger charge is 2.30. The second-order valence-electron chi connectivity index (χ2n) is 8.95.